The Kier molecular flexibility index (Phi) is 5.04. The second kappa shape index (κ2) is 7.61. The van der Waals surface area contributed by atoms with Gasteiger partial charge in [-0.15, -0.1) is 11.3 Å². The number of thiophene rings is 1. The highest BCUT2D eigenvalue weighted by molar-refractivity contribution is 7.15. The summed E-state index contributed by atoms with van der Waals surface area (Å²) in [5.74, 6) is 6.31. The van der Waals surface area contributed by atoms with Gasteiger partial charge in [0.05, 0.1) is 6.54 Å². The number of hydrogen-bond donors (Lipinski definition) is 1. The minimum Gasteiger partial charge on any atom is -0.301 e. The molecule has 1 heterocycles. The highest BCUT2D eigenvalue weighted by Gasteiger charge is 2.01. The number of benzene rings is 2. The molecule has 2 aromatic carbocycles. The maximum absolute atomic E-state index is 3.37. The highest BCUT2D eigenvalue weighted by Crippen LogP contribution is 2.27. The fourth-order valence-corrected chi connectivity index (χ4v) is 3.13. The smallest absolute Gasteiger partial charge is 0.0583 e. The van der Waals surface area contributed by atoms with Crippen molar-refractivity contribution in [3.8, 4) is 22.3 Å². The minimum atomic E-state index is 0.702. The first kappa shape index (κ1) is 14.6. The molecule has 1 nitrogen and oxygen atoms in total. The Labute approximate surface area is 135 Å². The van der Waals surface area contributed by atoms with Crippen molar-refractivity contribution in [2.45, 2.75) is 6.54 Å². The van der Waals surface area contributed by atoms with Crippen molar-refractivity contribution in [1.82, 2.24) is 5.32 Å². The van der Waals surface area contributed by atoms with E-state index in [4.69, 9.17) is 0 Å². The van der Waals surface area contributed by atoms with Gasteiger partial charge < -0.3 is 5.32 Å². The lowest BCUT2D eigenvalue weighted by Gasteiger charge is -1.97. The maximum Gasteiger partial charge on any atom is 0.0583 e. The molecule has 0 bridgehead atoms. The molecule has 0 atom stereocenters. The van der Waals surface area contributed by atoms with E-state index in [0.29, 0.717) is 6.54 Å². The summed E-state index contributed by atoms with van der Waals surface area (Å²) < 4.78 is 0. The predicted molar refractivity (Wildman–Crippen MR) is 94.8 cm³/mol. The second-order valence-corrected chi connectivity index (χ2v) is 6.07. The molecular weight excluding hydrogens is 286 g/mol. The summed E-state index contributed by atoms with van der Waals surface area (Å²) in [4.78, 5) is 2.65. The van der Waals surface area contributed by atoms with Crippen LogP contribution < -0.4 is 5.32 Å². The standard InChI is InChI=1S/C20H17NS/c1-3-8-17(9-4-1)10-7-15-21-16-19-13-14-20(22-19)18-11-5-2-6-12-18/h1-6,8-9,11-14,21H,15-16H2. The quantitative estimate of drug-likeness (QED) is 0.550. The molecule has 3 rings (SSSR count). The van der Waals surface area contributed by atoms with Gasteiger partial charge in [0.15, 0.2) is 0 Å². The molecule has 0 fully saturated rings. The maximum atomic E-state index is 3.37. The normalized spacial score (nSPS) is 10.0. The van der Waals surface area contributed by atoms with Crippen LogP contribution in [0.3, 0.4) is 0 Å². The first-order valence-corrected chi connectivity index (χ1v) is 8.12. The lowest BCUT2D eigenvalue weighted by molar-refractivity contribution is 0.781. The van der Waals surface area contributed by atoms with E-state index in [1.807, 2.05) is 47.7 Å². The fourth-order valence-electron chi connectivity index (χ4n) is 2.15. The van der Waals surface area contributed by atoms with E-state index in [9.17, 15) is 0 Å². The van der Waals surface area contributed by atoms with E-state index in [1.165, 1.54) is 15.3 Å². The Morgan fingerprint density at radius 1 is 0.818 bits per heavy atom. The first-order valence-electron chi connectivity index (χ1n) is 7.30. The third-order valence-electron chi connectivity index (χ3n) is 3.24. The molecule has 0 aliphatic rings. The third kappa shape index (κ3) is 4.08. The van der Waals surface area contributed by atoms with Gasteiger partial charge in [-0.3, -0.25) is 0 Å². The summed E-state index contributed by atoms with van der Waals surface area (Å²) in [5.41, 5.74) is 2.34. The van der Waals surface area contributed by atoms with Crippen LogP contribution in [0.5, 0.6) is 0 Å². The van der Waals surface area contributed by atoms with Crippen LogP contribution >= 0.6 is 11.3 Å². The van der Waals surface area contributed by atoms with Gasteiger partial charge in [-0.05, 0) is 29.8 Å². The molecule has 3 aromatic rings. The molecule has 0 aliphatic heterocycles. The fraction of sp³-hybridized carbons (Fsp3) is 0.100. The molecule has 0 radical (unpaired) electrons. The Bertz CT molecular complexity index is 763. The molecule has 0 saturated heterocycles. The molecule has 0 spiro atoms. The van der Waals surface area contributed by atoms with Crippen LogP contribution in [0.25, 0.3) is 10.4 Å². The third-order valence-corrected chi connectivity index (χ3v) is 4.37. The summed E-state index contributed by atoms with van der Waals surface area (Å²) >= 11 is 1.83. The van der Waals surface area contributed by atoms with Crippen molar-refractivity contribution >= 4 is 11.3 Å². The highest BCUT2D eigenvalue weighted by atomic mass is 32.1. The minimum absolute atomic E-state index is 0.702. The molecular formula is C20H17NS. The largest absolute Gasteiger partial charge is 0.301 e. The molecule has 108 valence electrons. The number of rotatable bonds is 4. The number of hydrogen-bond acceptors (Lipinski definition) is 2. The van der Waals surface area contributed by atoms with E-state index >= 15 is 0 Å². The SMILES string of the molecule is C(#Cc1ccccc1)CNCc1ccc(-c2ccccc2)s1. The summed E-state index contributed by atoms with van der Waals surface area (Å²) in [6.45, 7) is 1.56. The van der Waals surface area contributed by atoms with E-state index in [1.54, 1.807) is 0 Å². The van der Waals surface area contributed by atoms with Crippen molar-refractivity contribution in [1.29, 1.82) is 0 Å². The van der Waals surface area contributed by atoms with Gasteiger partial charge in [-0.25, -0.2) is 0 Å². The van der Waals surface area contributed by atoms with Crippen LogP contribution in [0, 0.1) is 11.8 Å². The van der Waals surface area contributed by atoms with Crippen LogP contribution in [0.2, 0.25) is 0 Å². The molecule has 22 heavy (non-hydrogen) atoms. The molecule has 0 aliphatic carbocycles. The molecule has 0 saturated carbocycles. The predicted octanol–water partition coefficient (Wildman–Crippen LogP) is 4.56. The molecule has 0 unspecified atom stereocenters. The summed E-state index contributed by atoms with van der Waals surface area (Å²) in [6, 6.07) is 24.9. The van der Waals surface area contributed by atoms with Gasteiger partial charge in [-0.1, -0.05) is 60.4 Å². The Hall–Kier alpha value is -2.34. The van der Waals surface area contributed by atoms with Crippen LogP contribution in [-0.4, -0.2) is 6.54 Å². The Morgan fingerprint density at radius 3 is 2.32 bits per heavy atom. The van der Waals surface area contributed by atoms with Gasteiger partial charge in [0.25, 0.3) is 0 Å². The van der Waals surface area contributed by atoms with Gasteiger partial charge in [0.2, 0.25) is 0 Å². The van der Waals surface area contributed by atoms with Crippen molar-refractivity contribution in [2.75, 3.05) is 6.54 Å². The molecule has 1 aromatic heterocycles. The Morgan fingerprint density at radius 2 is 1.55 bits per heavy atom. The van der Waals surface area contributed by atoms with Crippen molar-refractivity contribution in [2.24, 2.45) is 0 Å². The number of nitrogens with one attached hydrogen (secondary N) is 1. The monoisotopic (exact) mass is 303 g/mol. The topological polar surface area (TPSA) is 12.0 Å². The lowest BCUT2D eigenvalue weighted by Crippen LogP contribution is -2.12. The van der Waals surface area contributed by atoms with E-state index < -0.39 is 0 Å². The first-order chi connectivity index (χ1) is 10.9. The molecule has 1 N–H and O–H groups in total. The zero-order chi connectivity index (χ0) is 15.0. The Balaban J connectivity index is 1.51. The molecule has 0 amide bonds. The summed E-state index contributed by atoms with van der Waals surface area (Å²) in [7, 11) is 0. The summed E-state index contributed by atoms with van der Waals surface area (Å²) in [5, 5.41) is 3.37. The summed E-state index contributed by atoms with van der Waals surface area (Å²) in [6.07, 6.45) is 0. The van der Waals surface area contributed by atoms with E-state index in [-0.39, 0.29) is 0 Å². The van der Waals surface area contributed by atoms with Gasteiger partial charge >= 0.3 is 0 Å². The van der Waals surface area contributed by atoms with Crippen LogP contribution in [0.4, 0.5) is 0 Å². The van der Waals surface area contributed by atoms with Crippen molar-refractivity contribution in [3.05, 3.63) is 83.2 Å². The zero-order valence-electron chi connectivity index (χ0n) is 12.3. The van der Waals surface area contributed by atoms with Gasteiger partial charge in [0.1, 0.15) is 0 Å². The average molecular weight is 303 g/mol. The second-order valence-electron chi connectivity index (χ2n) is 4.90. The van der Waals surface area contributed by atoms with Crippen molar-refractivity contribution < 1.29 is 0 Å². The molecule has 2 heteroatoms. The van der Waals surface area contributed by atoms with Gasteiger partial charge in [-0.2, -0.15) is 0 Å². The van der Waals surface area contributed by atoms with Crippen LogP contribution in [-0.2, 0) is 6.54 Å². The van der Waals surface area contributed by atoms with Crippen molar-refractivity contribution in [3.63, 3.8) is 0 Å². The van der Waals surface area contributed by atoms with E-state index in [0.717, 1.165) is 12.1 Å². The lowest BCUT2D eigenvalue weighted by atomic mass is 10.2. The van der Waals surface area contributed by atoms with E-state index in [2.05, 4.69) is 53.6 Å². The zero-order valence-corrected chi connectivity index (χ0v) is 13.1. The van der Waals surface area contributed by atoms with Gasteiger partial charge in [0, 0.05) is 21.9 Å². The van der Waals surface area contributed by atoms with Crippen LogP contribution in [0.15, 0.2) is 72.8 Å². The van der Waals surface area contributed by atoms with Crippen LogP contribution in [0.1, 0.15) is 10.4 Å². The average Bonchev–Trinajstić information content (AvgIpc) is 3.05.